The van der Waals surface area contributed by atoms with Crippen LogP contribution in [0.3, 0.4) is 0 Å². The van der Waals surface area contributed by atoms with Crippen molar-refractivity contribution in [3.05, 3.63) is 89.8 Å². The molecule has 11 heteroatoms. The molecule has 2 amide bonds. The van der Waals surface area contributed by atoms with Gasteiger partial charge in [-0.3, -0.25) is 9.59 Å². The van der Waals surface area contributed by atoms with Crippen molar-refractivity contribution in [2.75, 3.05) is 39.0 Å². The Labute approximate surface area is 245 Å². The van der Waals surface area contributed by atoms with Gasteiger partial charge in [-0.2, -0.15) is 4.31 Å². The summed E-state index contributed by atoms with van der Waals surface area (Å²) < 4.78 is 54.3. The minimum Gasteiger partial charge on any atom is -0.341 e. The largest absolute Gasteiger partial charge is 0.341 e. The fourth-order valence-corrected chi connectivity index (χ4v) is 6.36. The van der Waals surface area contributed by atoms with Crippen molar-refractivity contribution in [2.45, 2.75) is 42.9 Å². The van der Waals surface area contributed by atoms with E-state index in [1.54, 1.807) is 24.3 Å². The van der Waals surface area contributed by atoms with E-state index in [9.17, 15) is 22.4 Å². The topological polar surface area (TPSA) is 98.8 Å². The van der Waals surface area contributed by atoms with E-state index in [1.807, 2.05) is 30.3 Å². The molecule has 1 unspecified atom stereocenters. The summed E-state index contributed by atoms with van der Waals surface area (Å²) in [5, 5.41) is 6.07. The number of halogens is 2. The quantitative estimate of drug-likeness (QED) is 0.438. The Morgan fingerprint density at radius 1 is 1.05 bits per heavy atom. The van der Waals surface area contributed by atoms with E-state index in [0.29, 0.717) is 6.54 Å². The average molecular weight is 599 g/mol. The Hall–Kier alpha value is -3.41. The molecule has 2 aromatic carbocycles. The normalized spacial score (nSPS) is 25.0. The lowest BCUT2D eigenvalue weighted by Crippen LogP contribution is -2.58. The number of nitrogens with one attached hydrogen (secondary N) is 2. The van der Waals surface area contributed by atoms with E-state index in [-0.39, 0.29) is 62.7 Å². The maximum absolute atomic E-state index is 15.8. The van der Waals surface area contributed by atoms with Crippen molar-refractivity contribution >= 4 is 27.4 Å². The van der Waals surface area contributed by atoms with Crippen molar-refractivity contribution in [3.8, 4) is 0 Å². The predicted octanol–water partition coefficient (Wildman–Crippen LogP) is 3.00. The maximum atomic E-state index is 15.8. The number of rotatable bonds is 10. The van der Waals surface area contributed by atoms with Gasteiger partial charge in [-0.25, -0.2) is 17.2 Å². The van der Waals surface area contributed by atoms with E-state index in [1.165, 1.54) is 27.4 Å². The summed E-state index contributed by atoms with van der Waals surface area (Å²) in [6.45, 7) is 1.09. The lowest BCUT2D eigenvalue weighted by Gasteiger charge is -2.36. The molecule has 0 bridgehead atoms. The van der Waals surface area contributed by atoms with Gasteiger partial charge in [0.15, 0.2) is 0 Å². The SMILES string of the molecule is CS(=O)(=O)N1CCN(C(=O)[C@H](CCN[C@@H]2C[C@H]2c2ccc(F)cc2)NC(=O)C2(F)C=CC(c3ccccc3)=CC2)CC1. The van der Waals surface area contributed by atoms with Crippen molar-refractivity contribution in [1.82, 2.24) is 19.8 Å². The number of alkyl halides is 1. The van der Waals surface area contributed by atoms with Gasteiger partial charge in [-0.15, -0.1) is 0 Å². The van der Waals surface area contributed by atoms with Crippen LogP contribution in [0.2, 0.25) is 0 Å². The highest BCUT2D eigenvalue weighted by Crippen LogP contribution is 2.40. The molecule has 0 radical (unpaired) electrons. The Balaban J connectivity index is 1.22. The number of benzene rings is 2. The van der Waals surface area contributed by atoms with Crippen molar-refractivity contribution in [2.24, 2.45) is 0 Å². The summed E-state index contributed by atoms with van der Waals surface area (Å²) >= 11 is 0. The number of allylic oxidation sites excluding steroid dienone is 3. The second-order valence-corrected chi connectivity index (χ2v) is 13.2. The van der Waals surface area contributed by atoms with E-state index in [2.05, 4.69) is 10.6 Å². The van der Waals surface area contributed by atoms with Crippen LogP contribution in [0.1, 0.15) is 36.3 Å². The van der Waals surface area contributed by atoms with E-state index < -0.39 is 27.6 Å². The lowest BCUT2D eigenvalue weighted by molar-refractivity contribution is -0.140. The standard InChI is InChI=1S/C31H36F2N4O4S/c1-42(40,41)37-19-17-36(18-20-37)29(38)27(13-16-34-28-21-26(28)24-7-9-25(32)10-8-24)35-30(39)31(33)14-11-23(12-15-31)22-5-3-2-4-6-22/h2-12,14,26-28,34H,13,15-21H2,1H3,(H,35,39)/t26-,27-,28+,31?/m0/s1. The van der Waals surface area contributed by atoms with Crippen molar-refractivity contribution in [1.29, 1.82) is 0 Å². The highest BCUT2D eigenvalue weighted by atomic mass is 32.2. The monoisotopic (exact) mass is 598 g/mol. The van der Waals surface area contributed by atoms with E-state index in [0.717, 1.165) is 29.4 Å². The zero-order valence-electron chi connectivity index (χ0n) is 23.5. The highest BCUT2D eigenvalue weighted by molar-refractivity contribution is 7.88. The molecule has 1 heterocycles. The smallest absolute Gasteiger partial charge is 0.262 e. The molecule has 5 rings (SSSR count). The number of sulfonamides is 1. The summed E-state index contributed by atoms with van der Waals surface area (Å²) in [5.41, 5.74) is 0.466. The number of carbonyl (C=O) groups is 2. The molecular weight excluding hydrogens is 562 g/mol. The highest BCUT2D eigenvalue weighted by Gasteiger charge is 2.41. The molecule has 4 atom stereocenters. The second kappa shape index (κ2) is 12.4. The first kappa shape index (κ1) is 30.1. The van der Waals surface area contributed by atoms with E-state index in [4.69, 9.17) is 0 Å². The van der Waals surface area contributed by atoms with Crippen LogP contribution >= 0.6 is 0 Å². The fourth-order valence-electron chi connectivity index (χ4n) is 5.54. The Morgan fingerprint density at radius 3 is 2.36 bits per heavy atom. The van der Waals surface area contributed by atoms with Crippen LogP contribution in [0.25, 0.3) is 5.57 Å². The minimum absolute atomic E-state index is 0.160. The molecule has 0 aromatic heterocycles. The number of amides is 2. The van der Waals surface area contributed by atoms with Gasteiger partial charge in [0.25, 0.3) is 5.91 Å². The first-order valence-corrected chi connectivity index (χ1v) is 16.1. The second-order valence-electron chi connectivity index (χ2n) is 11.2. The number of piperazine rings is 1. The summed E-state index contributed by atoms with van der Waals surface area (Å²) in [5.74, 6) is -1.30. The number of hydrogen-bond donors (Lipinski definition) is 2. The third kappa shape index (κ3) is 7.14. The van der Waals surface area contributed by atoms with Crippen LogP contribution in [0.15, 0.2) is 72.8 Å². The molecule has 1 saturated heterocycles. The molecule has 2 aliphatic carbocycles. The molecule has 2 N–H and O–H groups in total. The van der Waals surface area contributed by atoms with Gasteiger partial charge in [0.2, 0.25) is 21.6 Å². The van der Waals surface area contributed by atoms with Crippen LogP contribution in [-0.2, 0) is 19.6 Å². The molecular formula is C31H36F2N4O4S. The first-order chi connectivity index (χ1) is 20.0. The Kier molecular flexibility index (Phi) is 8.91. The van der Waals surface area contributed by atoms with Gasteiger partial charge in [0.1, 0.15) is 11.9 Å². The predicted molar refractivity (Wildman–Crippen MR) is 157 cm³/mol. The van der Waals surface area contributed by atoms with Gasteiger partial charge in [-0.1, -0.05) is 54.6 Å². The van der Waals surface area contributed by atoms with Crippen LogP contribution in [-0.4, -0.2) is 86.2 Å². The van der Waals surface area contributed by atoms with Crippen LogP contribution in [0, 0.1) is 5.82 Å². The third-order valence-corrected chi connectivity index (χ3v) is 9.48. The lowest BCUT2D eigenvalue weighted by atomic mass is 9.90. The summed E-state index contributed by atoms with van der Waals surface area (Å²) in [7, 11) is -3.38. The Morgan fingerprint density at radius 2 is 1.74 bits per heavy atom. The van der Waals surface area contributed by atoms with Gasteiger partial charge in [-0.05, 0) is 54.3 Å². The van der Waals surface area contributed by atoms with Crippen molar-refractivity contribution < 1.29 is 26.8 Å². The van der Waals surface area contributed by atoms with Gasteiger partial charge in [0.05, 0.1) is 6.26 Å². The molecule has 42 heavy (non-hydrogen) atoms. The first-order valence-electron chi connectivity index (χ1n) is 14.2. The molecule has 2 fully saturated rings. The number of hydrogen-bond acceptors (Lipinski definition) is 5. The van der Waals surface area contributed by atoms with Crippen LogP contribution < -0.4 is 10.6 Å². The molecule has 8 nitrogen and oxygen atoms in total. The Bertz CT molecular complexity index is 1460. The molecule has 0 spiro atoms. The zero-order chi connectivity index (χ0) is 29.9. The van der Waals surface area contributed by atoms with Crippen LogP contribution in [0.4, 0.5) is 8.78 Å². The van der Waals surface area contributed by atoms with E-state index >= 15 is 4.39 Å². The minimum atomic E-state index is -3.38. The van der Waals surface area contributed by atoms with Gasteiger partial charge < -0.3 is 15.5 Å². The zero-order valence-corrected chi connectivity index (χ0v) is 24.3. The van der Waals surface area contributed by atoms with Gasteiger partial charge in [0, 0.05) is 44.6 Å². The molecule has 3 aliphatic rings. The number of carbonyl (C=O) groups excluding carboxylic acids is 2. The third-order valence-electron chi connectivity index (χ3n) is 8.18. The summed E-state index contributed by atoms with van der Waals surface area (Å²) in [6.07, 6.45) is 6.59. The molecule has 2 aromatic rings. The molecule has 224 valence electrons. The summed E-state index contributed by atoms with van der Waals surface area (Å²) in [4.78, 5) is 28.3. The maximum Gasteiger partial charge on any atom is 0.262 e. The molecule has 1 saturated carbocycles. The van der Waals surface area contributed by atoms with Gasteiger partial charge >= 0.3 is 0 Å². The summed E-state index contributed by atoms with van der Waals surface area (Å²) in [6, 6.07) is 15.1. The molecule has 1 aliphatic heterocycles. The van der Waals surface area contributed by atoms with Crippen LogP contribution in [0.5, 0.6) is 0 Å². The fraction of sp³-hybridized carbons (Fsp3) is 0.419. The van der Waals surface area contributed by atoms with Crippen molar-refractivity contribution in [3.63, 3.8) is 0 Å². The number of nitrogens with zero attached hydrogens (tertiary/aromatic N) is 2. The average Bonchev–Trinajstić information content (AvgIpc) is 3.76.